The second-order valence-corrected chi connectivity index (χ2v) is 6.41. The van der Waals surface area contributed by atoms with Gasteiger partial charge in [-0.15, -0.1) is 0 Å². The number of hydrogen-bond donors (Lipinski definition) is 2. The van der Waals surface area contributed by atoms with Crippen molar-refractivity contribution in [1.29, 1.82) is 0 Å². The number of rotatable bonds is 7. The summed E-state index contributed by atoms with van der Waals surface area (Å²) in [5.41, 5.74) is 0.669. The molecule has 2 aromatic rings. The van der Waals surface area contributed by atoms with Crippen LogP contribution in [0.15, 0.2) is 28.7 Å². The number of carbonyl (C=O) groups is 2. The Morgan fingerprint density at radius 3 is 2.52 bits per heavy atom. The predicted octanol–water partition coefficient (Wildman–Crippen LogP) is 3.17. The third-order valence-electron chi connectivity index (χ3n) is 3.92. The molecule has 0 radical (unpaired) electrons. The van der Waals surface area contributed by atoms with Crippen molar-refractivity contribution < 1.29 is 18.7 Å². The fraction of sp³-hybridized carbons (Fsp3) is 0.474. The zero-order valence-corrected chi connectivity index (χ0v) is 15.4. The number of furan rings is 1. The van der Waals surface area contributed by atoms with E-state index in [0.717, 1.165) is 5.39 Å². The molecule has 0 spiro atoms. The van der Waals surface area contributed by atoms with Gasteiger partial charge in [0.05, 0.1) is 12.6 Å². The van der Waals surface area contributed by atoms with Crippen molar-refractivity contribution in [2.75, 3.05) is 6.61 Å². The van der Waals surface area contributed by atoms with Gasteiger partial charge in [-0.1, -0.05) is 26.0 Å². The molecule has 0 saturated heterocycles. The molecule has 2 N–H and O–H groups in total. The molecule has 1 aromatic heterocycles. The lowest BCUT2D eigenvalue weighted by Crippen LogP contribution is -2.49. The molecule has 6 heteroatoms. The van der Waals surface area contributed by atoms with Gasteiger partial charge in [0, 0.05) is 12.3 Å². The Kier molecular flexibility index (Phi) is 6.07. The summed E-state index contributed by atoms with van der Waals surface area (Å²) in [6.07, 6.45) is 0. The van der Waals surface area contributed by atoms with E-state index in [9.17, 15) is 9.59 Å². The largest absolute Gasteiger partial charge is 0.490 e. The highest BCUT2D eigenvalue weighted by atomic mass is 16.5. The Labute approximate surface area is 147 Å². The van der Waals surface area contributed by atoms with Gasteiger partial charge in [0.2, 0.25) is 11.8 Å². The van der Waals surface area contributed by atoms with Gasteiger partial charge in [-0.05, 0) is 31.9 Å². The van der Waals surface area contributed by atoms with E-state index in [0.29, 0.717) is 23.7 Å². The molecular formula is C19H26N2O4. The van der Waals surface area contributed by atoms with Gasteiger partial charge in [-0.3, -0.25) is 9.59 Å². The molecule has 1 aromatic carbocycles. The first-order chi connectivity index (χ1) is 11.8. The lowest BCUT2D eigenvalue weighted by molar-refractivity contribution is -0.129. The van der Waals surface area contributed by atoms with Crippen LogP contribution in [0.5, 0.6) is 5.75 Å². The maximum absolute atomic E-state index is 12.5. The van der Waals surface area contributed by atoms with Crippen molar-refractivity contribution in [3.05, 3.63) is 30.0 Å². The van der Waals surface area contributed by atoms with Gasteiger partial charge in [0.15, 0.2) is 11.3 Å². The Bertz CT molecular complexity index is 751. The minimum absolute atomic E-state index is 0.0173. The normalized spacial score (nSPS) is 13.5. The second-order valence-electron chi connectivity index (χ2n) is 6.41. The van der Waals surface area contributed by atoms with E-state index >= 15 is 0 Å². The van der Waals surface area contributed by atoms with E-state index in [1.54, 1.807) is 0 Å². The van der Waals surface area contributed by atoms with E-state index in [1.807, 2.05) is 52.0 Å². The molecular weight excluding hydrogens is 320 g/mol. The number of hydrogen-bond acceptors (Lipinski definition) is 4. The number of benzene rings is 1. The van der Waals surface area contributed by atoms with Crippen LogP contribution >= 0.6 is 0 Å². The minimum atomic E-state index is -0.580. The Morgan fingerprint density at radius 2 is 1.92 bits per heavy atom. The van der Waals surface area contributed by atoms with Gasteiger partial charge >= 0.3 is 0 Å². The average Bonchev–Trinajstić information content (AvgIpc) is 2.97. The van der Waals surface area contributed by atoms with E-state index in [1.165, 1.54) is 6.92 Å². The van der Waals surface area contributed by atoms with Crippen LogP contribution in [0.3, 0.4) is 0 Å². The fourth-order valence-electron chi connectivity index (χ4n) is 2.67. The fourth-order valence-corrected chi connectivity index (χ4v) is 2.67. The molecule has 0 bridgehead atoms. The summed E-state index contributed by atoms with van der Waals surface area (Å²) in [6.45, 7) is 9.50. The SMILES string of the molecule is CCOc1cccc2cc([C@H](C)NC(=O)[C@H](NC(C)=O)C(C)C)oc12. The first-order valence-electron chi connectivity index (χ1n) is 8.56. The van der Waals surface area contributed by atoms with Crippen molar-refractivity contribution >= 4 is 22.8 Å². The maximum Gasteiger partial charge on any atom is 0.243 e. The molecule has 25 heavy (non-hydrogen) atoms. The molecule has 0 aliphatic carbocycles. The van der Waals surface area contributed by atoms with Crippen LogP contribution in [0, 0.1) is 5.92 Å². The van der Waals surface area contributed by atoms with E-state index < -0.39 is 6.04 Å². The van der Waals surface area contributed by atoms with Crippen LogP contribution in [0.1, 0.15) is 46.4 Å². The Hall–Kier alpha value is -2.50. The zero-order chi connectivity index (χ0) is 18.6. The summed E-state index contributed by atoms with van der Waals surface area (Å²) in [4.78, 5) is 23.8. The third-order valence-corrected chi connectivity index (χ3v) is 3.92. The summed E-state index contributed by atoms with van der Waals surface area (Å²) in [7, 11) is 0. The van der Waals surface area contributed by atoms with Gasteiger partial charge in [0.1, 0.15) is 11.8 Å². The van der Waals surface area contributed by atoms with Crippen LogP contribution in [0.4, 0.5) is 0 Å². The van der Waals surface area contributed by atoms with Crippen LogP contribution < -0.4 is 15.4 Å². The molecule has 1 heterocycles. The Morgan fingerprint density at radius 1 is 1.20 bits per heavy atom. The molecule has 2 rings (SSSR count). The standard InChI is InChI=1S/C19H26N2O4/c1-6-24-15-9-7-8-14-10-16(25-18(14)15)12(4)20-19(23)17(11(2)3)21-13(5)22/h7-12,17H,6H2,1-5H3,(H,20,23)(H,21,22)/t12-,17+/m0/s1. The van der Waals surface area contributed by atoms with E-state index in [4.69, 9.17) is 9.15 Å². The topological polar surface area (TPSA) is 80.6 Å². The van der Waals surface area contributed by atoms with Crippen LogP contribution in [-0.2, 0) is 9.59 Å². The highest BCUT2D eigenvalue weighted by molar-refractivity contribution is 5.87. The summed E-state index contributed by atoms with van der Waals surface area (Å²) in [5, 5.41) is 6.51. The highest BCUT2D eigenvalue weighted by Crippen LogP contribution is 2.31. The second kappa shape index (κ2) is 8.05. The monoisotopic (exact) mass is 346 g/mol. The summed E-state index contributed by atoms with van der Waals surface area (Å²) >= 11 is 0. The van der Waals surface area contributed by atoms with Crippen molar-refractivity contribution in [3.63, 3.8) is 0 Å². The number of nitrogens with one attached hydrogen (secondary N) is 2. The molecule has 136 valence electrons. The molecule has 0 aliphatic heterocycles. The first kappa shape index (κ1) is 18.8. The molecule has 2 amide bonds. The average molecular weight is 346 g/mol. The van der Waals surface area contributed by atoms with Crippen LogP contribution in [0.2, 0.25) is 0 Å². The van der Waals surface area contributed by atoms with Gasteiger partial charge in [0.25, 0.3) is 0 Å². The maximum atomic E-state index is 12.5. The lowest BCUT2D eigenvalue weighted by Gasteiger charge is -2.22. The van der Waals surface area contributed by atoms with Crippen molar-refractivity contribution in [3.8, 4) is 5.75 Å². The summed E-state index contributed by atoms with van der Waals surface area (Å²) in [5.74, 6) is 0.843. The third kappa shape index (κ3) is 4.53. The van der Waals surface area contributed by atoms with E-state index in [2.05, 4.69) is 10.6 Å². The number of carbonyl (C=O) groups excluding carboxylic acids is 2. The zero-order valence-electron chi connectivity index (χ0n) is 15.4. The summed E-state index contributed by atoms with van der Waals surface area (Å²) in [6, 6.07) is 6.68. The minimum Gasteiger partial charge on any atom is -0.490 e. The smallest absolute Gasteiger partial charge is 0.243 e. The van der Waals surface area contributed by atoms with Gasteiger partial charge in [-0.2, -0.15) is 0 Å². The molecule has 0 aliphatic rings. The number of fused-ring (bicyclic) bond motifs is 1. The number of ether oxygens (including phenoxy) is 1. The predicted molar refractivity (Wildman–Crippen MR) is 96.4 cm³/mol. The first-order valence-corrected chi connectivity index (χ1v) is 8.56. The molecule has 2 atom stereocenters. The van der Waals surface area contributed by atoms with Gasteiger partial charge in [-0.25, -0.2) is 0 Å². The molecule has 0 saturated carbocycles. The molecule has 0 fully saturated rings. The quantitative estimate of drug-likeness (QED) is 0.807. The highest BCUT2D eigenvalue weighted by Gasteiger charge is 2.25. The van der Waals surface area contributed by atoms with E-state index in [-0.39, 0.29) is 23.8 Å². The molecule has 6 nitrogen and oxygen atoms in total. The number of para-hydroxylation sites is 1. The van der Waals surface area contributed by atoms with Crippen molar-refractivity contribution in [1.82, 2.24) is 10.6 Å². The Balaban J connectivity index is 2.18. The van der Waals surface area contributed by atoms with Crippen LogP contribution in [0.25, 0.3) is 11.0 Å². The lowest BCUT2D eigenvalue weighted by atomic mass is 10.0. The number of amides is 2. The molecule has 0 unspecified atom stereocenters. The van der Waals surface area contributed by atoms with Crippen molar-refractivity contribution in [2.24, 2.45) is 5.92 Å². The summed E-state index contributed by atoms with van der Waals surface area (Å²) < 4.78 is 11.5. The van der Waals surface area contributed by atoms with Crippen molar-refractivity contribution in [2.45, 2.75) is 46.7 Å². The van der Waals surface area contributed by atoms with Crippen LogP contribution in [-0.4, -0.2) is 24.5 Å². The van der Waals surface area contributed by atoms with Gasteiger partial charge < -0.3 is 19.8 Å².